The summed E-state index contributed by atoms with van der Waals surface area (Å²) in [6, 6.07) is 17.3. The van der Waals surface area contributed by atoms with Crippen LogP contribution in [0.15, 0.2) is 86.0 Å². The van der Waals surface area contributed by atoms with Crippen LogP contribution in [0.1, 0.15) is 55.7 Å². The second-order valence-corrected chi connectivity index (χ2v) is 14.1. The van der Waals surface area contributed by atoms with Crippen LogP contribution in [-0.4, -0.2) is 87.5 Å². The zero-order valence-electron chi connectivity index (χ0n) is 27.8. The summed E-state index contributed by atoms with van der Waals surface area (Å²) in [5.74, 6) is -3.10. The maximum absolute atomic E-state index is 14.7. The van der Waals surface area contributed by atoms with Crippen LogP contribution in [0.2, 0.25) is 0 Å². The van der Waals surface area contributed by atoms with E-state index in [9.17, 15) is 24.3 Å². The number of carbonyl (C=O) groups is 4. The van der Waals surface area contributed by atoms with Crippen LogP contribution >= 0.6 is 15.9 Å². The first-order chi connectivity index (χ1) is 23.7. The maximum Gasteiger partial charge on any atom is 0.306 e. The van der Waals surface area contributed by atoms with Gasteiger partial charge in [-0.3, -0.25) is 19.2 Å². The molecule has 0 radical (unpaired) electrons. The first kappa shape index (κ1) is 36.5. The molecule has 3 amide bonds. The predicted molar refractivity (Wildman–Crippen MR) is 188 cm³/mol. The number of aliphatic hydroxyl groups is 1. The molecule has 0 saturated carbocycles. The summed E-state index contributed by atoms with van der Waals surface area (Å²) < 4.78 is 12.3. The van der Waals surface area contributed by atoms with Crippen molar-refractivity contribution in [3.63, 3.8) is 0 Å². The minimum absolute atomic E-state index is 0.0392. The number of amides is 3. The van der Waals surface area contributed by atoms with Crippen molar-refractivity contribution in [2.24, 2.45) is 11.8 Å². The number of hydrogen-bond donors (Lipinski definition) is 2. The molecule has 49 heavy (non-hydrogen) atoms. The predicted octanol–water partition coefficient (Wildman–Crippen LogP) is 4.48. The summed E-state index contributed by atoms with van der Waals surface area (Å²) in [6.45, 7) is 8.38. The number of benzene rings is 2. The topological polar surface area (TPSA) is 125 Å². The average Bonchev–Trinajstić information content (AvgIpc) is 3.70. The summed E-state index contributed by atoms with van der Waals surface area (Å²) in [5.41, 5.74) is 0.468. The second-order valence-electron chi connectivity index (χ2n) is 13.0. The van der Waals surface area contributed by atoms with Crippen LogP contribution in [0.3, 0.4) is 0 Å². The fourth-order valence-electron chi connectivity index (χ4n) is 7.53. The molecule has 10 nitrogen and oxygen atoms in total. The number of nitrogens with one attached hydrogen (secondary N) is 1. The number of rotatable bonds is 18. The molecule has 5 rings (SSSR count). The zero-order valence-corrected chi connectivity index (χ0v) is 29.3. The Morgan fingerprint density at radius 3 is 2.47 bits per heavy atom. The number of ether oxygens (including phenoxy) is 2. The highest BCUT2D eigenvalue weighted by molar-refractivity contribution is 9.09. The van der Waals surface area contributed by atoms with Gasteiger partial charge < -0.3 is 29.7 Å². The molecule has 1 spiro atoms. The number of likely N-dealkylation sites (tertiary alicyclic amines) is 1. The molecule has 3 heterocycles. The Morgan fingerprint density at radius 2 is 1.80 bits per heavy atom. The van der Waals surface area contributed by atoms with Crippen LogP contribution in [0.4, 0.5) is 0 Å². The maximum atomic E-state index is 14.7. The fourth-order valence-corrected chi connectivity index (χ4v) is 8.47. The highest BCUT2D eigenvalue weighted by Gasteiger charge is 2.76. The lowest BCUT2D eigenvalue weighted by molar-refractivity contribution is -0.148. The van der Waals surface area contributed by atoms with Gasteiger partial charge in [0.2, 0.25) is 17.7 Å². The van der Waals surface area contributed by atoms with Crippen LogP contribution in [-0.2, 0) is 35.2 Å². The molecule has 2 N–H and O–H groups in total. The van der Waals surface area contributed by atoms with Gasteiger partial charge in [0.05, 0.1) is 24.0 Å². The first-order valence-electron chi connectivity index (χ1n) is 17.0. The number of nitrogens with zero attached hydrogens (tertiary/aromatic N) is 2. The smallest absolute Gasteiger partial charge is 0.306 e. The number of esters is 1. The van der Waals surface area contributed by atoms with Crippen LogP contribution in [0.5, 0.6) is 0 Å². The third kappa shape index (κ3) is 7.84. The average molecular weight is 737 g/mol. The van der Waals surface area contributed by atoms with Gasteiger partial charge in [-0.15, -0.1) is 13.2 Å². The number of halogens is 1. The van der Waals surface area contributed by atoms with Crippen molar-refractivity contribution in [2.75, 3.05) is 26.3 Å². The van der Waals surface area contributed by atoms with Crippen LogP contribution in [0, 0.1) is 11.8 Å². The lowest BCUT2D eigenvalue weighted by Gasteiger charge is -2.37. The number of alkyl halides is 1. The Kier molecular flexibility index (Phi) is 12.5. The van der Waals surface area contributed by atoms with Crippen molar-refractivity contribution >= 4 is 39.6 Å². The lowest BCUT2D eigenvalue weighted by Crippen LogP contribution is -2.57. The van der Waals surface area contributed by atoms with E-state index in [2.05, 4.69) is 34.4 Å². The van der Waals surface area contributed by atoms with Gasteiger partial charge in [0.15, 0.2) is 0 Å². The van der Waals surface area contributed by atoms with Gasteiger partial charge in [-0.05, 0) is 43.2 Å². The van der Waals surface area contributed by atoms with Gasteiger partial charge in [-0.2, -0.15) is 0 Å². The largest absolute Gasteiger partial charge is 0.463 e. The quantitative estimate of drug-likeness (QED) is 0.100. The Morgan fingerprint density at radius 1 is 1.08 bits per heavy atom. The molecule has 2 bridgehead atoms. The number of fused-ring (bicyclic) bond motifs is 1. The van der Waals surface area contributed by atoms with Crippen molar-refractivity contribution in [3.8, 4) is 0 Å². The molecule has 2 aromatic carbocycles. The molecule has 2 aromatic rings. The number of carbonyl (C=O) groups excluding carboxylic acids is 4. The van der Waals surface area contributed by atoms with Gasteiger partial charge in [-0.1, -0.05) is 88.7 Å². The lowest BCUT2D eigenvalue weighted by atomic mass is 9.70. The molecule has 7 atom stereocenters. The van der Waals surface area contributed by atoms with E-state index in [0.717, 1.165) is 11.1 Å². The van der Waals surface area contributed by atoms with E-state index in [0.29, 0.717) is 45.2 Å². The van der Waals surface area contributed by atoms with E-state index in [1.165, 1.54) is 0 Å². The normalized spacial score (nSPS) is 25.8. The van der Waals surface area contributed by atoms with Crippen LogP contribution < -0.4 is 5.32 Å². The van der Waals surface area contributed by atoms with Crippen LogP contribution in [0.25, 0.3) is 0 Å². The van der Waals surface area contributed by atoms with Gasteiger partial charge in [0.25, 0.3) is 0 Å². The van der Waals surface area contributed by atoms with Crippen molar-refractivity contribution in [3.05, 3.63) is 97.1 Å². The fraction of sp³-hybridized carbons (Fsp3) is 0.474. The molecular formula is C38H46BrN3O7. The molecule has 0 aromatic heterocycles. The summed E-state index contributed by atoms with van der Waals surface area (Å²) in [4.78, 5) is 59.0. The number of hydrogen-bond acceptors (Lipinski definition) is 7. The third-order valence-electron chi connectivity index (χ3n) is 9.74. The zero-order chi connectivity index (χ0) is 35.0. The van der Waals surface area contributed by atoms with Gasteiger partial charge in [-0.25, -0.2) is 0 Å². The van der Waals surface area contributed by atoms with E-state index in [-0.39, 0.29) is 42.8 Å². The summed E-state index contributed by atoms with van der Waals surface area (Å²) in [6.07, 6.45) is 5.56. The van der Waals surface area contributed by atoms with Crippen molar-refractivity contribution < 1.29 is 33.8 Å². The molecule has 11 heteroatoms. The Hall–Kier alpha value is -3.80. The first-order valence-corrected chi connectivity index (χ1v) is 18.0. The molecule has 3 aliphatic heterocycles. The van der Waals surface area contributed by atoms with E-state index in [1.807, 2.05) is 60.7 Å². The number of unbranched alkanes of at least 4 members (excludes halogenated alkanes) is 2. The monoisotopic (exact) mass is 735 g/mol. The SMILES string of the molecule is C=CCCC(=O)OC[C@@H](NC(=O)[C@H]1[C@@H]2O[C@@]3(CC2Br)[C@@H]1C(=O)N(CCCCCO)[C@@H]3C(=O)N(CC=C)Cc1ccccc1)c1ccccc1. The number of allylic oxidation sites excluding steroid dienone is 1. The molecule has 0 aliphatic carbocycles. The molecule has 3 aliphatic rings. The molecule has 262 valence electrons. The third-order valence-corrected chi connectivity index (χ3v) is 10.6. The van der Waals surface area contributed by atoms with Gasteiger partial charge in [0.1, 0.15) is 18.2 Å². The molecule has 1 unspecified atom stereocenters. The molecular weight excluding hydrogens is 690 g/mol. The summed E-state index contributed by atoms with van der Waals surface area (Å²) in [5, 5.41) is 12.4. The van der Waals surface area contributed by atoms with Crippen molar-refractivity contribution in [2.45, 2.75) is 73.7 Å². The van der Waals surface area contributed by atoms with Crippen molar-refractivity contribution in [1.82, 2.24) is 15.1 Å². The minimum Gasteiger partial charge on any atom is -0.463 e. The van der Waals surface area contributed by atoms with Gasteiger partial charge >= 0.3 is 5.97 Å². The summed E-state index contributed by atoms with van der Waals surface area (Å²) in [7, 11) is 0. The second kappa shape index (κ2) is 16.7. The number of aliphatic hydroxyl groups excluding tert-OH is 1. The Labute approximate surface area is 296 Å². The van der Waals surface area contributed by atoms with Gasteiger partial charge in [0, 0.05) is 37.5 Å². The summed E-state index contributed by atoms with van der Waals surface area (Å²) >= 11 is 3.75. The van der Waals surface area contributed by atoms with E-state index >= 15 is 0 Å². The Bertz CT molecular complexity index is 1490. The minimum atomic E-state index is -1.22. The molecule has 3 fully saturated rings. The van der Waals surface area contributed by atoms with E-state index in [1.54, 1.807) is 22.0 Å². The van der Waals surface area contributed by atoms with E-state index in [4.69, 9.17) is 9.47 Å². The van der Waals surface area contributed by atoms with E-state index < -0.39 is 47.5 Å². The highest BCUT2D eigenvalue weighted by atomic mass is 79.9. The van der Waals surface area contributed by atoms with Crippen molar-refractivity contribution in [1.29, 1.82) is 0 Å². The molecule has 3 saturated heterocycles. The highest BCUT2D eigenvalue weighted by Crippen LogP contribution is 2.60. The Balaban J connectivity index is 1.45. The standard InChI is InChI=1S/C38H46BrN3O7/c1-3-5-19-30(44)48-25-29(27-17-11-7-12-18-27)40-35(45)31-32-36(46)42(21-13-8-14-22-43)34(38(32)23-28(39)33(31)49-38)37(47)41(20-4-2)24-26-15-9-6-10-16-26/h3-4,6-7,9-12,15-18,28-29,31-34,43H,1-2,5,8,13-14,19-25H2,(H,40,45)/t28?,29-,31-,32+,33-,34-,38+/m1/s1.